The maximum atomic E-state index is 12.9. The molecule has 1 saturated heterocycles. The average Bonchev–Trinajstić information content (AvgIpc) is 2.69. The largest absolute Gasteiger partial charge is 0.366 e. The quantitative estimate of drug-likeness (QED) is 0.798. The van der Waals surface area contributed by atoms with Gasteiger partial charge in [-0.25, -0.2) is 0 Å². The van der Waals surface area contributed by atoms with Gasteiger partial charge < -0.3 is 16.0 Å². The summed E-state index contributed by atoms with van der Waals surface area (Å²) in [5.41, 5.74) is 9.05. The summed E-state index contributed by atoms with van der Waals surface area (Å²) in [5, 5.41) is 2.53. The highest BCUT2D eigenvalue weighted by Crippen LogP contribution is 2.32. The Balaban J connectivity index is 1.78. The minimum Gasteiger partial charge on any atom is -0.366 e. The second-order valence-corrected chi connectivity index (χ2v) is 7.13. The number of nitrogens with one attached hydrogen (secondary N) is 1. The van der Waals surface area contributed by atoms with E-state index in [2.05, 4.69) is 16.4 Å². The molecule has 0 radical (unpaired) electrons. The van der Waals surface area contributed by atoms with Gasteiger partial charge in [0.1, 0.15) is 0 Å². The molecule has 0 spiro atoms. The molecule has 0 unspecified atom stereocenters. The standard InChI is InChI=1S/C21H24N4O3/c1-13-6-7-15(9-14(13)2)18-5-3-4-8-25(18)21(28)20(27)24-17-10-16(19(22)26)11-23-12-17/h6-7,9-12,18H,3-5,8H2,1-2H3,(H2,22,26)(H,24,27)/t18-/m0/s1. The Morgan fingerprint density at radius 2 is 1.89 bits per heavy atom. The molecule has 28 heavy (non-hydrogen) atoms. The predicted molar refractivity (Wildman–Crippen MR) is 106 cm³/mol. The highest BCUT2D eigenvalue weighted by Gasteiger charge is 2.32. The van der Waals surface area contributed by atoms with Crippen molar-refractivity contribution >= 4 is 23.4 Å². The number of amides is 3. The van der Waals surface area contributed by atoms with Crippen LogP contribution in [0.4, 0.5) is 5.69 Å². The van der Waals surface area contributed by atoms with Crippen LogP contribution in [0.5, 0.6) is 0 Å². The first-order valence-corrected chi connectivity index (χ1v) is 9.31. The van der Waals surface area contributed by atoms with Gasteiger partial charge in [-0.05, 0) is 55.9 Å². The van der Waals surface area contributed by atoms with E-state index in [9.17, 15) is 14.4 Å². The van der Waals surface area contributed by atoms with Crippen LogP contribution in [0.1, 0.15) is 52.4 Å². The number of benzene rings is 1. The second-order valence-electron chi connectivity index (χ2n) is 7.13. The van der Waals surface area contributed by atoms with Gasteiger partial charge in [0.05, 0.1) is 23.5 Å². The van der Waals surface area contributed by atoms with Crippen molar-refractivity contribution < 1.29 is 14.4 Å². The fraction of sp³-hybridized carbons (Fsp3) is 0.333. The van der Waals surface area contributed by atoms with Gasteiger partial charge in [-0.15, -0.1) is 0 Å². The molecule has 2 heterocycles. The number of carbonyl (C=O) groups is 3. The molecule has 3 N–H and O–H groups in total. The van der Waals surface area contributed by atoms with Crippen LogP contribution >= 0.6 is 0 Å². The Morgan fingerprint density at radius 1 is 1.11 bits per heavy atom. The minimum atomic E-state index is -0.751. The van der Waals surface area contributed by atoms with Crippen LogP contribution in [-0.4, -0.2) is 34.2 Å². The summed E-state index contributed by atoms with van der Waals surface area (Å²) in [6.45, 7) is 4.62. The maximum Gasteiger partial charge on any atom is 0.313 e. The van der Waals surface area contributed by atoms with Gasteiger partial charge in [0.15, 0.2) is 0 Å². The Labute approximate surface area is 163 Å². The van der Waals surface area contributed by atoms with Crippen LogP contribution in [0.25, 0.3) is 0 Å². The van der Waals surface area contributed by atoms with Gasteiger partial charge in [-0.1, -0.05) is 18.2 Å². The highest BCUT2D eigenvalue weighted by molar-refractivity contribution is 6.39. The fourth-order valence-electron chi connectivity index (χ4n) is 3.45. The number of nitrogens with zero attached hydrogens (tertiary/aromatic N) is 2. The summed E-state index contributed by atoms with van der Waals surface area (Å²) in [6.07, 6.45) is 5.36. The lowest BCUT2D eigenvalue weighted by Crippen LogP contribution is -2.44. The zero-order valence-corrected chi connectivity index (χ0v) is 16.1. The van der Waals surface area contributed by atoms with Crippen LogP contribution < -0.4 is 11.1 Å². The molecule has 3 rings (SSSR count). The number of aryl methyl sites for hydroxylation is 2. The zero-order valence-electron chi connectivity index (χ0n) is 16.1. The summed E-state index contributed by atoms with van der Waals surface area (Å²) in [5.74, 6) is -1.99. The average molecular weight is 380 g/mol. The number of nitrogens with two attached hydrogens (primary N) is 1. The van der Waals surface area contributed by atoms with E-state index in [1.54, 1.807) is 4.90 Å². The molecule has 7 heteroatoms. The van der Waals surface area contributed by atoms with E-state index in [1.807, 2.05) is 26.0 Å². The second kappa shape index (κ2) is 8.21. The van der Waals surface area contributed by atoms with E-state index in [4.69, 9.17) is 5.73 Å². The van der Waals surface area contributed by atoms with Crippen LogP contribution in [0.3, 0.4) is 0 Å². The molecule has 2 aromatic rings. The first kappa shape index (κ1) is 19.5. The molecule has 3 amide bonds. The van der Waals surface area contributed by atoms with Crippen molar-refractivity contribution in [1.82, 2.24) is 9.88 Å². The number of anilines is 1. The van der Waals surface area contributed by atoms with Gasteiger partial charge in [0.25, 0.3) is 0 Å². The van der Waals surface area contributed by atoms with Crippen LogP contribution in [0, 0.1) is 13.8 Å². The Kier molecular flexibility index (Phi) is 5.73. The van der Waals surface area contributed by atoms with Gasteiger partial charge in [-0.3, -0.25) is 19.4 Å². The predicted octanol–water partition coefficient (Wildman–Crippen LogP) is 2.49. The van der Waals surface area contributed by atoms with Crippen molar-refractivity contribution in [1.29, 1.82) is 0 Å². The molecule has 0 bridgehead atoms. The van der Waals surface area contributed by atoms with E-state index in [1.165, 1.54) is 24.0 Å². The van der Waals surface area contributed by atoms with E-state index >= 15 is 0 Å². The molecule has 1 aliphatic heterocycles. The lowest BCUT2D eigenvalue weighted by atomic mass is 9.93. The minimum absolute atomic E-state index is 0.124. The molecular formula is C21H24N4O3. The Hall–Kier alpha value is -3.22. The molecule has 1 aromatic heterocycles. The summed E-state index contributed by atoms with van der Waals surface area (Å²) >= 11 is 0. The molecule has 1 aliphatic rings. The number of piperidine rings is 1. The molecule has 1 aromatic carbocycles. The van der Waals surface area contributed by atoms with E-state index in [-0.39, 0.29) is 17.3 Å². The number of rotatable bonds is 3. The molecule has 0 saturated carbocycles. The molecule has 0 aliphatic carbocycles. The number of primary amides is 1. The highest BCUT2D eigenvalue weighted by atomic mass is 16.2. The maximum absolute atomic E-state index is 12.9. The summed E-state index contributed by atoms with van der Waals surface area (Å²) in [7, 11) is 0. The SMILES string of the molecule is Cc1ccc([C@@H]2CCCCN2C(=O)C(=O)Nc2cncc(C(N)=O)c2)cc1C. The Bertz CT molecular complexity index is 926. The molecular weight excluding hydrogens is 356 g/mol. The van der Waals surface area contributed by atoms with Crippen LogP contribution in [0.2, 0.25) is 0 Å². The van der Waals surface area contributed by atoms with E-state index < -0.39 is 17.7 Å². The lowest BCUT2D eigenvalue weighted by molar-refractivity contribution is -0.145. The van der Waals surface area contributed by atoms with Crippen molar-refractivity contribution in [2.24, 2.45) is 5.73 Å². The van der Waals surface area contributed by atoms with Gasteiger partial charge >= 0.3 is 11.8 Å². The van der Waals surface area contributed by atoms with Crippen molar-refractivity contribution in [3.05, 3.63) is 58.9 Å². The number of hydrogen-bond donors (Lipinski definition) is 2. The van der Waals surface area contributed by atoms with Crippen molar-refractivity contribution in [2.75, 3.05) is 11.9 Å². The van der Waals surface area contributed by atoms with Gasteiger partial charge in [-0.2, -0.15) is 0 Å². The number of aromatic nitrogens is 1. The first-order chi connectivity index (χ1) is 13.4. The third-order valence-electron chi connectivity index (χ3n) is 5.15. The normalized spacial score (nSPS) is 16.5. The van der Waals surface area contributed by atoms with Crippen molar-refractivity contribution in [2.45, 2.75) is 39.2 Å². The topological polar surface area (TPSA) is 105 Å². The van der Waals surface area contributed by atoms with Gasteiger partial charge in [0, 0.05) is 12.7 Å². The number of carbonyl (C=O) groups excluding carboxylic acids is 3. The smallest absolute Gasteiger partial charge is 0.313 e. The summed E-state index contributed by atoms with van der Waals surface area (Å²) in [6, 6.07) is 7.43. The van der Waals surface area contributed by atoms with Crippen LogP contribution in [0.15, 0.2) is 36.7 Å². The van der Waals surface area contributed by atoms with Crippen LogP contribution in [-0.2, 0) is 9.59 Å². The third kappa shape index (κ3) is 4.19. The van der Waals surface area contributed by atoms with E-state index in [0.717, 1.165) is 30.4 Å². The van der Waals surface area contributed by atoms with Crippen molar-refractivity contribution in [3.63, 3.8) is 0 Å². The van der Waals surface area contributed by atoms with E-state index in [0.29, 0.717) is 6.54 Å². The van der Waals surface area contributed by atoms with Gasteiger partial charge in [0.2, 0.25) is 5.91 Å². The number of hydrogen-bond acceptors (Lipinski definition) is 4. The zero-order chi connectivity index (χ0) is 20.3. The van der Waals surface area contributed by atoms with Crippen molar-refractivity contribution in [3.8, 4) is 0 Å². The fourth-order valence-corrected chi connectivity index (χ4v) is 3.45. The summed E-state index contributed by atoms with van der Waals surface area (Å²) in [4.78, 5) is 42.2. The summed E-state index contributed by atoms with van der Waals surface area (Å²) < 4.78 is 0. The Morgan fingerprint density at radius 3 is 2.61 bits per heavy atom. The first-order valence-electron chi connectivity index (χ1n) is 9.31. The molecule has 146 valence electrons. The number of pyridine rings is 1. The third-order valence-corrected chi connectivity index (χ3v) is 5.15. The molecule has 7 nitrogen and oxygen atoms in total. The molecule has 1 fully saturated rings. The number of likely N-dealkylation sites (tertiary alicyclic amines) is 1. The lowest BCUT2D eigenvalue weighted by Gasteiger charge is -2.35. The molecule has 1 atom stereocenters. The monoisotopic (exact) mass is 380 g/mol.